The van der Waals surface area contributed by atoms with Gasteiger partial charge in [-0.2, -0.15) is 0 Å². The number of nitrogens with one attached hydrogen (secondary N) is 1. The SMILES string of the molecule is C[C@@H]1CCN(C)c2ccc(-c3cccc(O)c3)nc2N1C(=O)Nc1ccccn1. The predicted molar refractivity (Wildman–Crippen MR) is 114 cm³/mol. The van der Waals surface area contributed by atoms with E-state index in [4.69, 9.17) is 4.98 Å². The van der Waals surface area contributed by atoms with Crippen molar-refractivity contribution in [1.82, 2.24) is 9.97 Å². The molecule has 2 N–H and O–H groups in total. The first-order valence-corrected chi connectivity index (χ1v) is 9.56. The number of carbonyl (C=O) groups excluding carboxylic acids is 1. The van der Waals surface area contributed by atoms with E-state index in [9.17, 15) is 9.90 Å². The summed E-state index contributed by atoms with van der Waals surface area (Å²) < 4.78 is 0. The molecule has 0 fully saturated rings. The van der Waals surface area contributed by atoms with Gasteiger partial charge in [-0.1, -0.05) is 18.2 Å². The molecule has 0 aliphatic carbocycles. The summed E-state index contributed by atoms with van der Waals surface area (Å²) in [6.45, 7) is 2.83. The van der Waals surface area contributed by atoms with Gasteiger partial charge in [0.15, 0.2) is 5.82 Å². The van der Waals surface area contributed by atoms with Gasteiger partial charge in [-0.25, -0.2) is 14.8 Å². The number of hydrogen-bond donors (Lipinski definition) is 2. The van der Waals surface area contributed by atoms with Gasteiger partial charge in [0, 0.05) is 31.4 Å². The summed E-state index contributed by atoms with van der Waals surface area (Å²) in [6, 6.07) is 15.9. The molecular formula is C22H23N5O2. The maximum Gasteiger partial charge on any atom is 0.328 e. The lowest BCUT2D eigenvalue weighted by molar-refractivity contribution is 0.255. The molecule has 0 saturated heterocycles. The molecule has 4 rings (SSSR count). The van der Waals surface area contributed by atoms with Crippen molar-refractivity contribution in [3.8, 4) is 17.0 Å². The van der Waals surface area contributed by atoms with Crippen LogP contribution in [0.2, 0.25) is 0 Å². The van der Waals surface area contributed by atoms with E-state index in [0.29, 0.717) is 17.3 Å². The molecule has 7 heteroatoms. The Hall–Kier alpha value is -3.61. The summed E-state index contributed by atoms with van der Waals surface area (Å²) in [7, 11) is 2.00. The molecule has 2 amide bonds. The molecule has 3 heterocycles. The van der Waals surface area contributed by atoms with Crippen molar-refractivity contribution < 1.29 is 9.90 Å². The first kappa shape index (κ1) is 18.7. The number of fused-ring (bicyclic) bond motifs is 1. The van der Waals surface area contributed by atoms with E-state index in [1.165, 1.54) is 0 Å². The minimum Gasteiger partial charge on any atom is -0.508 e. The Balaban J connectivity index is 1.76. The molecule has 0 saturated carbocycles. The fourth-order valence-electron chi connectivity index (χ4n) is 3.48. The topological polar surface area (TPSA) is 81.6 Å². The molecule has 0 spiro atoms. The number of amides is 2. The molecule has 0 unspecified atom stereocenters. The molecule has 0 radical (unpaired) electrons. The van der Waals surface area contributed by atoms with Gasteiger partial charge < -0.3 is 10.0 Å². The van der Waals surface area contributed by atoms with E-state index < -0.39 is 0 Å². The van der Waals surface area contributed by atoms with Crippen LogP contribution in [0.15, 0.2) is 60.8 Å². The second kappa shape index (κ2) is 7.79. The van der Waals surface area contributed by atoms with Gasteiger partial charge in [0.2, 0.25) is 0 Å². The summed E-state index contributed by atoms with van der Waals surface area (Å²) in [5.74, 6) is 1.26. The molecule has 7 nitrogen and oxygen atoms in total. The van der Waals surface area contributed by atoms with Gasteiger partial charge in [-0.15, -0.1) is 0 Å². The number of hydrogen-bond acceptors (Lipinski definition) is 5. The van der Waals surface area contributed by atoms with Crippen LogP contribution < -0.4 is 15.1 Å². The molecule has 1 aromatic carbocycles. The molecular weight excluding hydrogens is 366 g/mol. The van der Waals surface area contributed by atoms with Gasteiger partial charge in [-0.05, 0) is 49.7 Å². The molecule has 29 heavy (non-hydrogen) atoms. The van der Waals surface area contributed by atoms with Crippen LogP contribution in [0.5, 0.6) is 5.75 Å². The first-order valence-electron chi connectivity index (χ1n) is 9.56. The molecule has 0 bridgehead atoms. The second-order valence-electron chi connectivity index (χ2n) is 7.16. The van der Waals surface area contributed by atoms with Gasteiger partial charge in [0.1, 0.15) is 11.6 Å². The van der Waals surface area contributed by atoms with Crippen LogP contribution in [0.3, 0.4) is 0 Å². The molecule has 3 aromatic rings. The number of urea groups is 1. The van der Waals surface area contributed by atoms with E-state index in [1.807, 2.05) is 38.2 Å². The van der Waals surface area contributed by atoms with Crippen molar-refractivity contribution in [1.29, 1.82) is 0 Å². The Morgan fingerprint density at radius 1 is 1.17 bits per heavy atom. The number of rotatable bonds is 2. The maximum absolute atomic E-state index is 13.2. The zero-order valence-electron chi connectivity index (χ0n) is 16.4. The Labute approximate surface area is 169 Å². The maximum atomic E-state index is 13.2. The summed E-state index contributed by atoms with van der Waals surface area (Å²) in [4.78, 5) is 26.0. The number of anilines is 3. The lowest BCUT2D eigenvalue weighted by atomic mass is 10.1. The lowest BCUT2D eigenvalue weighted by Gasteiger charge is -2.28. The van der Waals surface area contributed by atoms with E-state index >= 15 is 0 Å². The molecule has 148 valence electrons. The molecule has 1 aliphatic rings. The van der Waals surface area contributed by atoms with Crippen LogP contribution in [0.1, 0.15) is 13.3 Å². The van der Waals surface area contributed by atoms with Crippen LogP contribution in [0.25, 0.3) is 11.3 Å². The Kier molecular flexibility index (Phi) is 5.03. The highest BCUT2D eigenvalue weighted by molar-refractivity contribution is 6.03. The third-order valence-electron chi connectivity index (χ3n) is 5.08. The number of nitrogens with zero attached hydrogens (tertiary/aromatic N) is 4. The van der Waals surface area contributed by atoms with Crippen molar-refractivity contribution in [2.24, 2.45) is 0 Å². The van der Waals surface area contributed by atoms with Crippen molar-refractivity contribution >= 4 is 23.4 Å². The van der Waals surface area contributed by atoms with E-state index in [0.717, 1.165) is 24.2 Å². The summed E-state index contributed by atoms with van der Waals surface area (Å²) >= 11 is 0. The zero-order chi connectivity index (χ0) is 20.4. The average Bonchev–Trinajstić information content (AvgIpc) is 2.84. The van der Waals surface area contributed by atoms with Crippen molar-refractivity contribution in [2.75, 3.05) is 28.7 Å². The number of carbonyl (C=O) groups is 1. The van der Waals surface area contributed by atoms with Crippen molar-refractivity contribution in [2.45, 2.75) is 19.4 Å². The van der Waals surface area contributed by atoms with E-state index in [1.54, 1.807) is 41.4 Å². The van der Waals surface area contributed by atoms with E-state index in [2.05, 4.69) is 15.2 Å². The van der Waals surface area contributed by atoms with Gasteiger partial charge >= 0.3 is 6.03 Å². The molecule has 1 aliphatic heterocycles. The quantitative estimate of drug-likeness (QED) is 0.689. The fourth-order valence-corrected chi connectivity index (χ4v) is 3.48. The predicted octanol–water partition coefficient (Wildman–Crippen LogP) is 4.12. The number of pyridine rings is 2. The Bertz CT molecular complexity index is 1020. The third-order valence-corrected chi connectivity index (χ3v) is 5.08. The zero-order valence-corrected chi connectivity index (χ0v) is 16.4. The van der Waals surface area contributed by atoms with Crippen molar-refractivity contribution in [3.05, 3.63) is 60.8 Å². The number of aromatic nitrogens is 2. The van der Waals surface area contributed by atoms with Gasteiger partial charge in [-0.3, -0.25) is 10.2 Å². The second-order valence-corrected chi connectivity index (χ2v) is 7.16. The van der Waals surface area contributed by atoms with Gasteiger partial charge in [0.25, 0.3) is 0 Å². The molecule has 1 atom stereocenters. The van der Waals surface area contributed by atoms with Crippen LogP contribution >= 0.6 is 0 Å². The lowest BCUT2D eigenvalue weighted by Crippen LogP contribution is -2.42. The van der Waals surface area contributed by atoms with Gasteiger partial charge in [0.05, 0.1) is 11.4 Å². The highest BCUT2D eigenvalue weighted by Crippen LogP contribution is 2.35. The number of aromatic hydroxyl groups is 1. The van der Waals surface area contributed by atoms with Crippen molar-refractivity contribution in [3.63, 3.8) is 0 Å². The third kappa shape index (κ3) is 3.85. The summed E-state index contributed by atoms with van der Waals surface area (Å²) in [5, 5.41) is 12.7. The number of phenols is 1. The minimum absolute atomic E-state index is 0.0469. The normalized spacial score (nSPS) is 16.1. The average molecular weight is 389 g/mol. The number of phenolic OH excluding ortho intramolecular Hbond substituents is 1. The standard InChI is InChI=1S/C22H23N5O2/c1-15-11-13-26(2)19-10-9-18(16-6-5-7-17(28)14-16)24-21(19)27(15)22(29)25-20-8-3-4-12-23-20/h3-10,12,14-15,28H,11,13H2,1-2H3,(H,23,25,29)/t15-/m1/s1. The molecule has 2 aromatic heterocycles. The smallest absolute Gasteiger partial charge is 0.328 e. The van der Waals surface area contributed by atoms with Crippen LogP contribution in [-0.2, 0) is 0 Å². The highest BCUT2D eigenvalue weighted by Gasteiger charge is 2.30. The fraction of sp³-hybridized carbons (Fsp3) is 0.227. The van der Waals surface area contributed by atoms with E-state index in [-0.39, 0.29) is 17.8 Å². The largest absolute Gasteiger partial charge is 0.508 e. The van der Waals surface area contributed by atoms with Crippen LogP contribution in [-0.4, -0.2) is 40.7 Å². The first-order chi connectivity index (χ1) is 14.0. The Morgan fingerprint density at radius 2 is 2.03 bits per heavy atom. The minimum atomic E-state index is -0.270. The van der Waals surface area contributed by atoms with Crippen LogP contribution in [0.4, 0.5) is 22.1 Å². The number of benzene rings is 1. The Morgan fingerprint density at radius 3 is 2.79 bits per heavy atom. The summed E-state index contributed by atoms with van der Waals surface area (Å²) in [6.07, 6.45) is 2.45. The highest BCUT2D eigenvalue weighted by atomic mass is 16.3. The van der Waals surface area contributed by atoms with Crippen LogP contribution in [0, 0.1) is 0 Å². The monoisotopic (exact) mass is 389 g/mol. The summed E-state index contributed by atoms with van der Waals surface area (Å²) in [5.41, 5.74) is 2.37.